The predicted molar refractivity (Wildman–Crippen MR) is 104 cm³/mol. The molecule has 0 aliphatic heterocycles. The van der Waals surface area contributed by atoms with Gasteiger partial charge in [0.25, 0.3) is 11.5 Å². The van der Waals surface area contributed by atoms with Crippen molar-refractivity contribution < 1.29 is 4.79 Å². The maximum atomic E-state index is 12.3. The van der Waals surface area contributed by atoms with Gasteiger partial charge >= 0.3 is 0 Å². The van der Waals surface area contributed by atoms with Gasteiger partial charge in [0.15, 0.2) is 11.0 Å². The van der Waals surface area contributed by atoms with Crippen LogP contribution in [0.25, 0.3) is 0 Å². The smallest absolute Gasteiger partial charge is 0.277 e. The quantitative estimate of drug-likeness (QED) is 0.474. The first-order valence-electron chi connectivity index (χ1n) is 8.02. The van der Waals surface area contributed by atoms with Crippen molar-refractivity contribution in [3.05, 3.63) is 82.1 Å². The van der Waals surface area contributed by atoms with Crippen LogP contribution in [0.1, 0.15) is 28.1 Å². The number of carbonyl (C=O) groups excluding carboxylic acids is 1. The molecule has 7 heteroatoms. The van der Waals surface area contributed by atoms with Gasteiger partial charge in [-0.2, -0.15) is 0 Å². The molecule has 1 atom stereocenters. The lowest BCUT2D eigenvalue weighted by Crippen LogP contribution is -2.23. The van der Waals surface area contributed by atoms with Crippen LogP contribution in [0, 0.1) is 0 Å². The van der Waals surface area contributed by atoms with Gasteiger partial charge in [-0.15, -0.1) is 0 Å². The summed E-state index contributed by atoms with van der Waals surface area (Å²) in [5.41, 5.74) is 6.92. The molecule has 0 aliphatic rings. The van der Waals surface area contributed by atoms with Crippen molar-refractivity contribution in [2.75, 3.05) is 11.1 Å². The van der Waals surface area contributed by atoms with Crippen LogP contribution in [0.4, 0.5) is 11.5 Å². The van der Waals surface area contributed by atoms with Gasteiger partial charge in [-0.25, -0.2) is 4.98 Å². The van der Waals surface area contributed by atoms with Crippen LogP contribution in [-0.2, 0) is 0 Å². The zero-order valence-electron chi connectivity index (χ0n) is 14.1. The molecular weight excluding hydrogens is 348 g/mol. The highest BCUT2D eigenvalue weighted by atomic mass is 32.2. The number of carbonyl (C=O) groups is 1. The fourth-order valence-electron chi connectivity index (χ4n) is 2.38. The van der Waals surface area contributed by atoms with E-state index in [1.165, 1.54) is 11.8 Å². The maximum Gasteiger partial charge on any atom is 0.277 e. The summed E-state index contributed by atoms with van der Waals surface area (Å²) in [7, 11) is 0. The number of hydrogen-bond acceptors (Lipinski definition) is 5. The Kier molecular flexibility index (Phi) is 5.38. The average molecular weight is 366 g/mol. The van der Waals surface area contributed by atoms with E-state index in [2.05, 4.69) is 15.3 Å². The van der Waals surface area contributed by atoms with Crippen molar-refractivity contribution in [3.8, 4) is 0 Å². The van der Waals surface area contributed by atoms with E-state index in [-0.39, 0.29) is 16.8 Å². The van der Waals surface area contributed by atoms with Crippen molar-refractivity contribution in [2.45, 2.75) is 17.3 Å². The normalized spacial score (nSPS) is 11.7. The highest BCUT2D eigenvalue weighted by Crippen LogP contribution is 2.32. The number of thioether (sulfide) groups is 1. The minimum absolute atomic E-state index is 0.0132. The SMILES string of the molecule is C[C@@H](Sc1nc(N)c(NC(=O)c2ccccc2)c(=O)[nH]1)c1ccccc1. The molecule has 132 valence electrons. The number of anilines is 2. The Morgan fingerprint density at radius 1 is 1.12 bits per heavy atom. The van der Waals surface area contributed by atoms with E-state index in [9.17, 15) is 9.59 Å². The summed E-state index contributed by atoms with van der Waals surface area (Å²) < 4.78 is 0. The second-order valence-corrected chi connectivity index (χ2v) is 6.95. The van der Waals surface area contributed by atoms with Crippen LogP contribution in [0.3, 0.4) is 0 Å². The van der Waals surface area contributed by atoms with Crippen molar-refractivity contribution in [1.82, 2.24) is 9.97 Å². The summed E-state index contributed by atoms with van der Waals surface area (Å²) in [6, 6.07) is 18.5. The first-order chi connectivity index (χ1) is 12.5. The maximum absolute atomic E-state index is 12.3. The lowest BCUT2D eigenvalue weighted by molar-refractivity contribution is 0.102. The van der Waals surface area contributed by atoms with Gasteiger partial charge in [-0.3, -0.25) is 14.6 Å². The Morgan fingerprint density at radius 2 is 1.73 bits per heavy atom. The van der Waals surface area contributed by atoms with Crippen LogP contribution < -0.4 is 16.6 Å². The van der Waals surface area contributed by atoms with Crippen LogP contribution >= 0.6 is 11.8 Å². The van der Waals surface area contributed by atoms with Gasteiger partial charge in [-0.1, -0.05) is 60.3 Å². The number of nitrogens with one attached hydrogen (secondary N) is 2. The highest BCUT2D eigenvalue weighted by molar-refractivity contribution is 7.99. The third kappa shape index (κ3) is 4.12. The number of benzene rings is 2. The summed E-state index contributed by atoms with van der Waals surface area (Å²) in [6.45, 7) is 2.02. The minimum Gasteiger partial charge on any atom is -0.382 e. The van der Waals surface area contributed by atoms with Crippen LogP contribution in [0.2, 0.25) is 0 Å². The molecule has 3 rings (SSSR count). The first-order valence-corrected chi connectivity index (χ1v) is 8.90. The lowest BCUT2D eigenvalue weighted by atomic mass is 10.2. The van der Waals surface area contributed by atoms with Crippen molar-refractivity contribution >= 4 is 29.2 Å². The zero-order chi connectivity index (χ0) is 18.5. The molecule has 1 aromatic heterocycles. The van der Waals surface area contributed by atoms with E-state index in [0.29, 0.717) is 10.7 Å². The molecule has 4 N–H and O–H groups in total. The number of aromatic amines is 1. The van der Waals surface area contributed by atoms with Gasteiger partial charge < -0.3 is 11.1 Å². The molecule has 0 saturated heterocycles. The van der Waals surface area contributed by atoms with Gasteiger partial charge in [-0.05, 0) is 24.6 Å². The molecule has 1 amide bonds. The monoisotopic (exact) mass is 366 g/mol. The average Bonchev–Trinajstić information content (AvgIpc) is 2.66. The van der Waals surface area contributed by atoms with E-state index in [1.807, 2.05) is 37.3 Å². The van der Waals surface area contributed by atoms with Crippen LogP contribution in [0.15, 0.2) is 70.6 Å². The summed E-state index contributed by atoms with van der Waals surface area (Å²) in [5, 5.41) is 3.02. The largest absolute Gasteiger partial charge is 0.382 e. The van der Waals surface area contributed by atoms with Gasteiger partial charge in [0.2, 0.25) is 0 Å². The standard InChI is InChI=1S/C19H18N4O2S/c1-12(13-8-4-2-5-9-13)26-19-22-16(20)15(18(25)23-19)21-17(24)14-10-6-3-7-11-14/h2-12H,1H3,(H,21,24)(H3,20,22,23,25)/t12-/m1/s1. The van der Waals surface area contributed by atoms with Crippen molar-refractivity contribution in [2.24, 2.45) is 0 Å². The number of hydrogen-bond donors (Lipinski definition) is 3. The minimum atomic E-state index is -0.482. The van der Waals surface area contributed by atoms with E-state index < -0.39 is 11.5 Å². The number of nitrogens with zero attached hydrogens (tertiary/aromatic N) is 1. The summed E-state index contributed by atoms with van der Waals surface area (Å²) in [4.78, 5) is 31.4. The Labute approximate surface area is 154 Å². The fourth-order valence-corrected chi connectivity index (χ4v) is 3.31. The molecule has 0 fully saturated rings. The second kappa shape index (κ2) is 7.88. The molecule has 6 nitrogen and oxygen atoms in total. The van der Waals surface area contributed by atoms with Gasteiger partial charge in [0.05, 0.1) is 0 Å². The van der Waals surface area contributed by atoms with Crippen LogP contribution in [-0.4, -0.2) is 15.9 Å². The number of amides is 1. The van der Waals surface area contributed by atoms with E-state index in [4.69, 9.17) is 5.73 Å². The zero-order valence-corrected chi connectivity index (χ0v) is 14.9. The number of nitrogens with two attached hydrogens (primary N) is 1. The first kappa shape index (κ1) is 17.8. The van der Waals surface area contributed by atoms with Crippen LogP contribution in [0.5, 0.6) is 0 Å². The summed E-state index contributed by atoms with van der Waals surface area (Å²) in [5.74, 6) is -0.427. The third-order valence-electron chi connectivity index (χ3n) is 3.76. The summed E-state index contributed by atoms with van der Waals surface area (Å²) in [6.07, 6.45) is 0. The van der Waals surface area contributed by atoms with E-state index in [1.54, 1.807) is 30.3 Å². The molecule has 0 spiro atoms. The molecule has 0 bridgehead atoms. The number of aromatic nitrogens is 2. The molecule has 0 saturated carbocycles. The van der Waals surface area contributed by atoms with Crippen molar-refractivity contribution in [1.29, 1.82) is 0 Å². The summed E-state index contributed by atoms with van der Waals surface area (Å²) >= 11 is 1.39. The molecule has 2 aromatic carbocycles. The molecule has 3 aromatic rings. The third-order valence-corrected chi connectivity index (χ3v) is 4.80. The predicted octanol–water partition coefficient (Wildman–Crippen LogP) is 3.46. The number of rotatable bonds is 5. The highest BCUT2D eigenvalue weighted by Gasteiger charge is 2.15. The Morgan fingerprint density at radius 3 is 2.35 bits per heavy atom. The molecule has 26 heavy (non-hydrogen) atoms. The molecule has 0 unspecified atom stereocenters. The van der Waals surface area contributed by atoms with Crippen molar-refractivity contribution in [3.63, 3.8) is 0 Å². The Balaban J connectivity index is 1.78. The molecule has 0 aliphatic carbocycles. The van der Waals surface area contributed by atoms with E-state index >= 15 is 0 Å². The number of nitrogen functional groups attached to an aromatic ring is 1. The lowest BCUT2D eigenvalue weighted by Gasteiger charge is -2.12. The van der Waals surface area contributed by atoms with Gasteiger partial charge in [0, 0.05) is 10.8 Å². The Hall–Kier alpha value is -3.06. The Bertz CT molecular complexity index is 958. The topological polar surface area (TPSA) is 101 Å². The van der Waals surface area contributed by atoms with E-state index in [0.717, 1.165) is 5.56 Å². The van der Waals surface area contributed by atoms with Gasteiger partial charge in [0.1, 0.15) is 5.69 Å². The fraction of sp³-hybridized carbons (Fsp3) is 0.105. The second-order valence-electron chi connectivity index (χ2n) is 5.62. The molecule has 0 radical (unpaired) electrons. The molecule has 1 heterocycles. The number of H-pyrrole nitrogens is 1. The molecular formula is C19H18N4O2S.